The Labute approximate surface area is 141 Å². The fourth-order valence-corrected chi connectivity index (χ4v) is 3.05. The summed E-state index contributed by atoms with van der Waals surface area (Å²) >= 11 is 0. The van der Waals surface area contributed by atoms with Crippen LogP contribution in [0, 0.1) is 11.6 Å². The molecule has 3 rings (SSSR count). The zero-order chi connectivity index (χ0) is 16.9. The normalized spacial score (nSPS) is 14.5. The minimum absolute atomic E-state index is 0.274. The molecule has 4 heteroatoms. The Morgan fingerprint density at radius 3 is 2.54 bits per heavy atom. The van der Waals surface area contributed by atoms with Crippen LogP contribution in [-0.2, 0) is 0 Å². The first-order valence-corrected chi connectivity index (χ1v) is 8.77. The van der Waals surface area contributed by atoms with Crippen LogP contribution in [0.5, 0.6) is 5.75 Å². The van der Waals surface area contributed by atoms with Crippen LogP contribution in [-0.4, -0.2) is 11.6 Å². The Bertz CT molecular complexity index is 675. The molecule has 2 aromatic rings. The Morgan fingerprint density at radius 2 is 1.92 bits per heavy atom. The number of benzene rings is 1. The molecule has 1 saturated carbocycles. The van der Waals surface area contributed by atoms with E-state index < -0.39 is 11.6 Å². The third kappa shape index (κ3) is 3.58. The van der Waals surface area contributed by atoms with Crippen LogP contribution < -0.4 is 4.74 Å². The second-order valence-corrected chi connectivity index (χ2v) is 6.39. The van der Waals surface area contributed by atoms with Crippen LogP contribution in [0.25, 0.3) is 11.1 Å². The molecule has 0 spiro atoms. The summed E-state index contributed by atoms with van der Waals surface area (Å²) in [4.78, 5) is 4.45. The first-order valence-electron chi connectivity index (χ1n) is 8.77. The molecule has 0 saturated heterocycles. The fraction of sp³-hybridized carbons (Fsp3) is 0.450. The molecule has 1 aliphatic rings. The van der Waals surface area contributed by atoms with Gasteiger partial charge in [0.25, 0.3) is 0 Å². The van der Waals surface area contributed by atoms with E-state index in [2.05, 4.69) is 11.9 Å². The second kappa shape index (κ2) is 7.73. The topological polar surface area (TPSA) is 22.1 Å². The van der Waals surface area contributed by atoms with Crippen molar-refractivity contribution >= 4 is 0 Å². The van der Waals surface area contributed by atoms with Gasteiger partial charge < -0.3 is 4.74 Å². The highest BCUT2D eigenvalue weighted by Crippen LogP contribution is 2.40. The molecule has 0 bridgehead atoms. The van der Waals surface area contributed by atoms with E-state index in [9.17, 15) is 8.78 Å². The molecular formula is C20H23F2NO. The lowest BCUT2D eigenvalue weighted by molar-refractivity contribution is 0.276. The number of nitrogens with zero attached hydrogens (tertiary/aromatic N) is 1. The van der Waals surface area contributed by atoms with E-state index in [1.807, 2.05) is 12.1 Å². The van der Waals surface area contributed by atoms with E-state index in [4.69, 9.17) is 4.74 Å². The van der Waals surface area contributed by atoms with Crippen molar-refractivity contribution in [2.75, 3.05) is 6.61 Å². The van der Waals surface area contributed by atoms with Crippen LogP contribution in [0.3, 0.4) is 0 Å². The zero-order valence-corrected chi connectivity index (χ0v) is 14.0. The SMILES string of the molecule is CCCCCOc1c(F)cc(-c2cccnc2C2CCC2)cc1F. The maximum atomic E-state index is 14.3. The lowest BCUT2D eigenvalue weighted by Crippen LogP contribution is -2.12. The van der Waals surface area contributed by atoms with Gasteiger partial charge in [0.15, 0.2) is 17.4 Å². The third-order valence-electron chi connectivity index (χ3n) is 4.63. The first kappa shape index (κ1) is 16.9. The van der Waals surface area contributed by atoms with Crippen molar-refractivity contribution in [1.82, 2.24) is 4.98 Å². The predicted molar refractivity (Wildman–Crippen MR) is 91.2 cm³/mol. The molecule has 1 aliphatic carbocycles. The molecule has 0 aliphatic heterocycles. The van der Waals surface area contributed by atoms with Gasteiger partial charge in [0, 0.05) is 17.7 Å². The van der Waals surface area contributed by atoms with Gasteiger partial charge >= 0.3 is 0 Å². The Morgan fingerprint density at radius 1 is 1.17 bits per heavy atom. The van der Waals surface area contributed by atoms with Crippen molar-refractivity contribution in [3.05, 3.63) is 47.8 Å². The van der Waals surface area contributed by atoms with Crippen molar-refractivity contribution < 1.29 is 13.5 Å². The Kier molecular flexibility index (Phi) is 5.44. The van der Waals surface area contributed by atoms with Crippen molar-refractivity contribution in [2.45, 2.75) is 51.4 Å². The average Bonchev–Trinajstić information content (AvgIpc) is 2.52. The summed E-state index contributed by atoms with van der Waals surface area (Å²) in [7, 11) is 0. The van der Waals surface area contributed by atoms with Gasteiger partial charge in [0.05, 0.1) is 12.3 Å². The first-order chi connectivity index (χ1) is 11.7. The summed E-state index contributed by atoms with van der Waals surface area (Å²) in [5, 5.41) is 0. The molecule has 1 aromatic carbocycles. The van der Waals surface area contributed by atoms with Crippen LogP contribution in [0.4, 0.5) is 8.78 Å². The number of rotatable bonds is 7. The van der Waals surface area contributed by atoms with E-state index in [0.717, 1.165) is 43.4 Å². The zero-order valence-electron chi connectivity index (χ0n) is 14.0. The molecule has 1 heterocycles. The molecule has 1 fully saturated rings. The molecule has 128 valence electrons. The number of pyridine rings is 1. The highest BCUT2D eigenvalue weighted by molar-refractivity contribution is 5.67. The third-order valence-corrected chi connectivity index (χ3v) is 4.63. The van der Waals surface area contributed by atoms with Gasteiger partial charge in [-0.05, 0) is 43.0 Å². The van der Waals surface area contributed by atoms with Crippen molar-refractivity contribution in [1.29, 1.82) is 0 Å². The summed E-state index contributed by atoms with van der Waals surface area (Å²) < 4.78 is 34.0. The van der Waals surface area contributed by atoms with E-state index in [0.29, 0.717) is 18.1 Å². The molecule has 1 aromatic heterocycles. The van der Waals surface area contributed by atoms with Crippen LogP contribution in [0.15, 0.2) is 30.5 Å². The molecule has 0 atom stereocenters. The number of hydrogen-bond acceptors (Lipinski definition) is 2. The number of unbranched alkanes of at least 4 members (excludes halogenated alkanes) is 2. The van der Waals surface area contributed by atoms with E-state index in [1.54, 1.807) is 6.20 Å². The number of ether oxygens (including phenoxy) is 1. The van der Waals surface area contributed by atoms with E-state index in [1.165, 1.54) is 18.6 Å². The van der Waals surface area contributed by atoms with Gasteiger partial charge in [-0.3, -0.25) is 4.98 Å². The molecule has 0 amide bonds. The quantitative estimate of drug-likeness (QED) is 0.593. The van der Waals surface area contributed by atoms with Crippen LogP contribution >= 0.6 is 0 Å². The van der Waals surface area contributed by atoms with Crippen molar-refractivity contribution in [3.8, 4) is 16.9 Å². The number of hydrogen-bond donors (Lipinski definition) is 0. The van der Waals surface area contributed by atoms with Crippen LogP contribution in [0.1, 0.15) is 57.1 Å². The molecule has 24 heavy (non-hydrogen) atoms. The van der Waals surface area contributed by atoms with Gasteiger partial charge in [-0.15, -0.1) is 0 Å². The lowest BCUT2D eigenvalue weighted by atomic mass is 9.80. The summed E-state index contributed by atoms with van der Waals surface area (Å²) in [6.07, 6.45) is 7.94. The van der Waals surface area contributed by atoms with Crippen molar-refractivity contribution in [3.63, 3.8) is 0 Å². The van der Waals surface area contributed by atoms with Gasteiger partial charge in [-0.2, -0.15) is 0 Å². The second-order valence-electron chi connectivity index (χ2n) is 6.39. The number of halogens is 2. The summed E-state index contributed by atoms with van der Waals surface area (Å²) in [5.74, 6) is -1.17. The molecule has 0 N–H and O–H groups in total. The minimum atomic E-state index is -0.648. The van der Waals surface area contributed by atoms with Gasteiger partial charge in [0.2, 0.25) is 0 Å². The monoisotopic (exact) mass is 331 g/mol. The highest BCUT2D eigenvalue weighted by Gasteiger charge is 2.24. The predicted octanol–water partition coefficient (Wildman–Crippen LogP) is 5.86. The molecule has 0 radical (unpaired) electrons. The largest absolute Gasteiger partial charge is 0.488 e. The van der Waals surface area contributed by atoms with Crippen LogP contribution in [0.2, 0.25) is 0 Å². The molecule has 2 nitrogen and oxygen atoms in total. The maximum absolute atomic E-state index is 14.3. The van der Waals surface area contributed by atoms with Gasteiger partial charge in [0.1, 0.15) is 0 Å². The molecular weight excluding hydrogens is 308 g/mol. The minimum Gasteiger partial charge on any atom is -0.488 e. The smallest absolute Gasteiger partial charge is 0.190 e. The lowest BCUT2D eigenvalue weighted by Gasteiger charge is -2.26. The highest BCUT2D eigenvalue weighted by atomic mass is 19.1. The van der Waals surface area contributed by atoms with E-state index in [-0.39, 0.29) is 5.75 Å². The van der Waals surface area contributed by atoms with Crippen molar-refractivity contribution in [2.24, 2.45) is 0 Å². The number of aromatic nitrogens is 1. The summed E-state index contributed by atoms with van der Waals surface area (Å²) in [6, 6.07) is 6.41. The Balaban J connectivity index is 1.85. The Hall–Kier alpha value is -1.97. The molecule has 0 unspecified atom stereocenters. The standard InChI is InChI=1S/C20H23F2NO/c1-2-3-4-11-24-20-17(21)12-15(13-18(20)22)16-9-6-10-23-19(16)14-7-5-8-14/h6,9-10,12-14H,2-5,7-8,11H2,1H3. The fourth-order valence-electron chi connectivity index (χ4n) is 3.05. The maximum Gasteiger partial charge on any atom is 0.190 e. The summed E-state index contributed by atoms with van der Waals surface area (Å²) in [6.45, 7) is 2.41. The van der Waals surface area contributed by atoms with E-state index >= 15 is 0 Å². The van der Waals surface area contributed by atoms with Gasteiger partial charge in [-0.1, -0.05) is 32.3 Å². The van der Waals surface area contributed by atoms with Gasteiger partial charge in [-0.25, -0.2) is 8.78 Å². The average molecular weight is 331 g/mol. The summed E-state index contributed by atoms with van der Waals surface area (Å²) in [5.41, 5.74) is 2.29.